The molecule has 1 aromatic carbocycles. The molecule has 0 spiro atoms. The third kappa shape index (κ3) is 3.70. The fourth-order valence-corrected chi connectivity index (χ4v) is 3.29. The van der Waals surface area contributed by atoms with Gasteiger partial charge in [0.2, 0.25) is 0 Å². The normalized spacial score (nSPS) is 20.2. The van der Waals surface area contributed by atoms with Gasteiger partial charge in [0.05, 0.1) is 12.4 Å². The number of sulfone groups is 1. The van der Waals surface area contributed by atoms with Crippen molar-refractivity contribution >= 4 is 9.84 Å². The van der Waals surface area contributed by atoms with E-state index >= 15 is 0 Å². The second-order valence-electron chi connectivity index (χ2n) is 4.87. The lowest BCUT2D eigenvalue weighted by Gasteiger charge is -2.23. The predicted molar refractivity (Wildman–Crippen MR) is 75.3 cm³/mol. The van der Waals surface area contributed by atoms with Crippen molar-refractivity contribution in [1.82, 2.24) is 5.32 Å². The average molecular weight is 283 g/mol. The summed E-state index contributed by atoms with van der Waals surface area (Å²) in [6, 6.07) is 6.90. The highest BCUT2D eigenvalue weighted by Gasteiger charge is 2.19. The summed E-state index contributed by atoms with van der Waals surface area (Å²) in [5, 5.41) is 3.33. The van der Waals surface area contributed by atoms with Crippen LogP contribution in [0.4, 0.5) is 0 Å². The van der Waals surface area contributed by atoms with Gasteiger partial charge in [-0.2, -0.15) is 0 Å². The average Bonchev–Trinajstić information content (AvgIpc) is 2.46. The molecule has 1 atom stereocenters. The first-order chi connectivity index (χ1) is 9.13. The molecule has 0 bridgehead atoms. The van der Waals surface area contributed by atoms with Crippen molar-refractivity contribution in [3.05, 3.63) is 24.3 Å². The van der Waals surface area contributed by atoms with Crippen LogP contribution in [-0.2, 0) is 9.84 Å². The molecule has 0 saturated carbocycles. The maximum absolute atomic E-state index is 12.0. The fraction of sp³-hybridized carbons (Fsp3) is 0.571. The molecule has 1 heterocycles. The molecule has 106 valence electrons. The number of benzene rings is 1. The van der Waals surface area contributed by atoms with Crippen molar-refractivity contribution in [2.75, 3.05) is 25.4 Å². The standard InChI is InChI=1S/C14H21NO3S/c1-2-19(16,17)14-8-4-3-7-13(14)18-11-12-6-5-9-15-10-12/h3-4,7-8,12,15H,2,5-6,9-11H2,1H3. The molecule has 1 aromatic rings. The van der Waals surface area contributed by atoms with Gasteiger partial charge in [0.25, 0.3) is 0 Å². The summed E-state index contributed by atoms with van der Waals surface area (Å²) in [6.07, 6.45) is 2.29. The van der Waals surface area contributed by atoms with Crippen LogP contribution in [0, 0.1) is 5.92 Å². The molecule has 2 rings (SSSR count). The number of nitrogens with one attached hydrogen (secondary N) is 1. The molecule has 1 aliphatic rings. The van der Waals surface area contributed by atoms with Gasteiger partial charge >= 0.3 is 0 Å². The topological polar surface area (TPSA) is 55.4 Å². The molecule has 1 aliphatic heterocycles. The van der Waals surface area contributed by atoms with Crippen LogP contribution < -0.4 is 10.1 Å². The molecule has 0 radical (unpaired) electrons. The molecule has 19 heavy (non-hydrogen) atoms. The number of piperidine rings is 1. The zero-order valence-electron chi connectivity index (χ0n) is 11.3. The molecule has 0 aliphatic carbocycles. The molecular weight excluding hydrogens is 262 g/mol. The van der Waals surface area contributed by atoms with Crippen molar-refractivity contribution < 1.29 is 13.2 Å². The van der Waals surface area contributed by atoms with E-state index in [1.807, 2.05) is 6.07 Å². The molecule has 1 saturated heterocycles. The molecule has 0 aromatic heterocycles. The van der Waals surface area contributed by atoms with Crippen molar-refractivity contribution in [2.24, 2.45) is 5.92 Å². The third-order valence-corrected chi connectivity index (χ3v) is 5.21. The highest BCUT2D eigenvalue weighted by molar-refractivity contribution is 7.91. The first-order valence-electron chi connectivity index (χ1n) is 6.79. The minimum absolute atomic E-state index is 0.0956. The van der Waals surface area contributed by atoms with Crippen LogP contribution in [-0.4, -0.2) is 33.9 Å². The van der Waals surface area contributed by atoms with Gasteiger partial charge in [0.1, 0.15) is 10.6 Å². The maximum atomic E-state index is 12.0. The van der Waals surface area contributed by atoms with E-state index in [-0.39, 0.29) is 5.75 Å². The lowest BCUT2D eigenvalue weighted by molar-refractivity contribution is 0.214. The van der Waals surface area contributed by atoms with Crippen molar-refractivity contribution in [2.45, 2.75) is 24.7 Å². The maximum Gasteiger partial charge on any atom is 0.181 e. The Morgan fingerprint density at radius 3 is 2.84 bits per heavy atom. The SMILES string of the molecule is CCS(=O)(=O)c1ccccc1OCC1CCCNC1. The fourth-order valence-electron chi connectivity index (χ4n) is 2.26. The molecule has 5 heteroatoms. The first-order valence-corrected chi connectivity index (χ1v) is 8.44. The Morgan fingerprint density at radius 1 is 1.37 bits per heavy atom. The Kier molecular flexibility index (Phi) is 4.82. The lowest BCUT2D eigenvalue weighted by atomic mass is 10.0. The van der Waals surface area contributed by atoms with E-state index in [0.29, 0.717) is 23.2 Å². The molecule has 1 N–H and O–H groups in total. The van der Waals surface area contributed by atoms with Crippen LogP contribution in [0.15, 0.2) is 29.2 Å². The smallest absolute Gasteiger partial charge is 0.181 e. The Bertz CT molecular complexity index is 507. The summed E-state index contributed by atoms with van der Waals surface area (Å²) in [5.41, 5.74) is 0. The second-order valence-corrected chi connectivity index (χ2v) is 7.12. The van der Waals surface area contributed by atoms with Gasteiger partial charge in [-0.1, -0.05) is 19.1 Å². The second kappa shape index (κ2) is 6.39. The Labute approximate surface area is 115 Å². The largest absolute Gasteiger partial charge is 0.492 e. The number of hydrogen-bond acceptors (Lipinski definition) is 4. The van der Waals surface area contributed by atoms with Gasteiger partial charge in [0, 0.05) is 12.5 Å². The summed E-state index contributed by atoms with van der Waals surface area (Å²) in [7, 11) is -3.22. The van der Waals surface area contributed by atoms with Crippen molar-refractivity contribution in [1.29, 1.82) is 0 Å². The van der Waals surface area contributed by atoms with E-state index in [1.165, 1.54) is 0 Å². The number of rotatable bonds is 5. The number of ether oxygens (including phenoxy) is 1. The van der Waals surface area contributed by atoms with Gasteiger partial charge in [-0.15, -0.1) is 0 Å². The molecule has 4 nitrogen and oxygen atoms in total. The van der Waals surface area contributed by atoms with Gasteiger partial charge in [-0.3, -0.25) is 0 Å². The summed E-state index contributed by atoms with van der Waals surface area (Å²) in [6.45, 7) is 4.24. The highest BCUT2D eigenvalue weighted by atomic mass is 32.2. The third-order valence-electron chi connectivity index (χ3n) is 3.44. The van der Waals surface area contributed by atoms with E-state index in [1.54, 1.807) is 25.1 Å². The zero-order valence-corrected chi connectivity index (χ0v) is 12.1. The van der Waals surface area contributed by atoms with Gasteiger partial charge in [0.15, 0.2) is 9.84 Å². The van der Waals surface area contributed by atoms with Gasteiger partial charge in [-0.05, 0) is 31.5 Å². The first kappa shape index (κ1) is 14.3. The minimum atomic E-state index is -3.22. The number of hydrogen-bond donors (Lipinski definition) is 1. The van der Waals surface area contributed by atoms with E-state index in [0.717, 1.165) is 25.9 Å². The lowest BCUT2D eigenvalue weighted by Crippen LogP contribution is -2.33. The molecule has 1 fully saturated rings. The summed E-state index contributed by atoms with van der Waals surface area (Å²) < 4.78 is 29.7. The Balaban J connectivity index is 2.07. The monoisotopic (exact) mass is 283 g/mol. The van der Waals surface area contributed by atoms with Gasteiger partial charge in [-0.25, -0.2) is 8.42 Å². The number of para-hydroxylation sites is 1. The Hall–Kier alpha value is -1.07. The summed E-state index contributed by atoms with van der Waals surface area (Å²) >= 11 is 0. The zero-order chi connectivity index (χ0) is 13.7. The van der Waals surface area contributed by atoms with Crippen LogP contribution in [0.25, 0.3) is 0 Å². The minimum Gasteiger partial charge on any atom is -0.492 e. The van der Waals surface area contributed by atoms with Gasteiger partial charge < -0.3 is 10.1 Å². The Morgan fingerprint density at radius 2 is 2.16 bits per heavy atom. The van der Waals surface area contributed by atoms with Crippen molar-refractivity contribution in [3.8, 4) is 5.75 Å². The molecule has 0 amide bonds. The van der Waals surface area contributed by atoms with Crippen LogP contribution in [0.1, 0.15) is 19.8 Å². The van der Waals surface area contributed by atoms with Crippen molar-refractivity contribution in [3.63, 3.8) is 0 Å². The quantitative estimate of drug-likeness (QED) is 0.896. The van der Waals surface area contributed by atoms with Crippen LogP contribution in [0.3, 0.4) is 0 Å². The molecular formula is C14H21NO3S. The van der Waals surface area contributed by atoms with Crippen LogP contribution >= 0.6 is 0 Å². The van der Waals surface area contributed by atoms with E-state index in [4.69, 9.17) is 4.74 Å². The van der Waals surface area contributed by atoms with Crippen LogP contribution in [0.2, 0.25) is 0 Å². The van der Waals surface area contributed by atoms with E-state index in [2.05, 4.69) is 5.32 Å². The summed E-state index contributed by atoms with van der Waals surface area (Å²) in [5.74, 6) is 1.04. The predicted octanol–water partition coefficient (Wildman–Crippen LogP) is 1.86. The van der Waals surface area contributed by atoms with Crippen LogP contribution in [0.5, 0.6) is 5.75 Å². The van der Waals surface area contributed by atoms with E-state index in [9.17, 15) is 8.42 Å². The molecule has 1 unspecified atom stereocenters. The van der Waals surface area contributed by atoms with E-state index < -0.39 is 9.84 Å². The summed E-state index contributed by atoms with van der Waals surface area (Å²) in [4.78, 5) is 0.307. The highest BCUT2D eigenvalue weighted by Crippen LogP contribution is 2.25.